The zero-order chi connectivity index (χ0) is 44.1. The van der Waals surface area contributed by atoms with Crippen LogP contribution in [0.2, 0.25) is 0 Å². The van der Waals surface area contributed by atoms with E-state index in [4.69, 9.17) is 28.9 Å². The molecule has 5 aromatic rings. The lowest BCUT2D eigenvalue weighted by molar-refractivity contribution is -0.138. The summed E-state index contributed by atoms with van der Waals surface area (Å²) in [6, 6.07) is 12.6. The number of benzene rings is 3. The van der Waals surface area contributed by atoms with Crippen molar-refractivity contribution in [2.75, 3.05) is 34.0 Å². The Morgan fingerprint density at radius 3 is 2.40 bits per heavy atom. The molecule has 63 heavy (non-hydrogen) atoms. The number of nitrogens with one attached hydrogen (secondary N) is 4. The number of H-pyrrole nitrogens is 2. The van der Waals surface area contributed by atoms with Crippen LogP contribution in [0.15, 0.2) is 48.7 Å². The number of imidazole rings is 2. The Kier molecular flexibility index (Phi) is 11.5. The van der Waals surface area contributed by atoms with Gasteiger partial charge in [0.1, 0.15) is 36.1 Å². The van der Waals surface area contributed by atoms with Gasteiger partial charge in [-0.3, -0.25) is 9.59 Å². The van der Waals surface area contributed by atoms with Gasteiger partial charge in [0.15, 0.2) is 0 Å². The molecule has 0 saturated carbocycles. The van der Waals surface area contributed by atoms with E-state index >= 15 is 0 Å². The molecule has 4 aliphatic heterocycles. The highest BCUT2D eigenvalue weighted by molar-refractivity contribution is 6.07. The number of amides is 4. The van der Waals surface area contributed by atoms with Crippen molar-refractivity contribution in [2.45, 2.75) is 96.6 Å². The summed E-state index contributed by atoms with van der Waals surface area (Å²) in [4.78, 5) is 73.4. The third-order valence-electron chi connectivity index (χ3n) is 13.5. The summed E-state index contributed by atoms with van der Waals surface area (Å²) in [5, 5.41) is 7.57. The van der Waals surface area contributed by atoms with E-state index in [9.17, 15) is 19.2 Å². The lowest BCUT2D eigenvalue weighted by atomic mass is 9.90. The number of ether oxygens (including phenoxy) is 4. The summed E-state index contributed by atoms with van der Waals surface area (Å²) in [6.45, 7) is 10.0. The minimum atomic E-state index is -0.728. The number of aromatic amines is 2. The van der Waals surface area contributed by atoms with Gasteiger partial charge in [-0.1, -0.05) is 39.0 Å². The van der Waals surface area contributed by atoms with Gasteiger partial charge in [0, 0.05) is 36.8 Å². The van der Waals surface area contributed by atoms with Gasteiger partial charge < -0.3 is 49.3 Å². The van der Waals surface area contributed by atoms with Crippen LogP contribution in [0.5, 0.6) is 5.75 Å². The summed E-state index contributed by atoms with van der Waals surface area (Å²) >= 11 is 0. The van der Waals surface area contributed by atoms with E-state index < -0.39 is 24.3 Å². The van der Waals surface area contributed by atoms with Crippen molar-refractivity contribution in [2.24, 2.45) is 17.8 Å². The van der Waals surface area contributed by atoms with E-state index in [1.807, 2.05) is 42.8 Å². The second-order valence-electron chi connectivity index (χ2n) is 17.9. The number of hydrogen-bond acceptors (Lipinski definition) is 10. The molecule has 3 saturated heterocycles. The molecule has 332 valence electrons. The average molecular weight is 861 g/mol. The van der Waals surface area contributed by atoms with Crippen molar-refractivity contribution in [1.29, 1.82) is 0 Å². The Morgan fingerprint density at radius 2 is 1.63 bits per heavy atom. The van der Waals surface area contributed by atoms with Crippen LogP contribution in [0.1, 0.15) is 89.1 Å². The molecule has 2 aromatic heterocycles. The zero-order valence-corrected chi connectivity index (χ0v) is 36.7. The zero-order valence-electron chi connectivity index (χ0n) is 36.7. The third-order valence-corrected chi connectivity index (χ3v) is 13.5. The molecule has 4 aliphatic rings. The summed E-state index contributed by atoms with van der Waals surface area (Å²) < 4.78 is 21.7. The first-order valence-electron chi connectivity index (χ1n) is 22.1. The standard InChI is InChI=1S/C47H56N8O8/c1-24(2)39(52-46(58)60-5)45(57)55-26(4)7-12-36(55)43-49-34-11-9-28-19-33-31-10-8-29(18-30(31)23-63-38(33)20-32(28)41(34)51-43)35-21-48-42(50-35)37-17-25(3)22-54(37)44(56)40(53-47(59)61-6)27-13-15-62-16-14-27/h8-11,18-21,24-27,36-37,39-40H,7,12-17,22-23H2,1-6H3,(H,48,50)(H,49,51)(H,52,58)(H,53,59)/t25-,26-,36-,37-,39-,40?/m0/s1. The number of nitrogens with zero attached hydrogens (tertiary/aromatic N) is 4. The smallest absolute Gasteiger partial charge is 0.407 e. The first kappa shape index (κ1) is 42.2. The molecule has 9 rings (SSSR count). The molecule has 6 heterocycles. The Hall–Kier alpha value is -6.16. The minimum Gasteiger partial charge on any atom is -0.488 e. The van der Waals surface area contributed by atoms with Gasteiger partial charge in [0.25, 0.3) is 0 Å². The van der Waals surface area contributed by atoms with E-state index in [0.717, 1.165) is 74.8 Å². The van der Waals surface area contributed by atoms with Gasteiger partial charge in [-0.25, -0.2) is 19.6 Å². The number of carbonyl (C=O) groups excluding carboxylic acids is 4. The minimum absolute atomic E-state index is 0.0276. The second kappa shape index (κ2) is 17.2. The van der Waals surface area contributed by atoms with E-state index in [-0.39, 0.29) is 47.7 Å². The van der Waals surface area contributed by atoms with Crippen LogP contribution in [0.25, 0.3) is 44.2 Å². The summed E-state index contributed by atoms with van der Waals surface area (Å²) in [5.41, 5.74) is 6.59. The topological polar surface area (TPSA) is 193 Å². The lowest BCUT2D eigenvalue weighted by Crippen LogP contribution is -2.53. The number of rotatable bonds is 9. The van der Waals surface area contributed by atoms with Gasteiger partial charge in [0.05, 0.1) is 49.2 Å². The molecule has 6 atom stereocenters. The number of alkyl carbamates (subject to hydrolysis) is 2. The lowest BCUT2D eigenvalue weighted by Gasteiger charge is -2.34. The maximum Gasteiger partial charge on any atom is 0.407 e. The van der Waals surface area contributed by atoms with E-state index in [1.165, 1.54) is 14.2 Å². The van der Waals surface area contributed by atoms with Crippen molar-refractivity contribution in [1.82, 2.24) is 40.4 Å². The fourth-order valence-corrected chi connectivity index (χ4v) is 10.1. The largest absolute Gasteiger partial charge is 0.488 e. The molecule has 0 aliphatic carbocycles. The molecule has 3 fully saturated rings. The fraction of sp³-hybridized carbons (Fsp3) is 0.489. The quantitative estimate of drug-likeness (QED) is 0.118. The predicted molar refractivity (Wildman–Crippen MR) is 235 cm³/mol. The number of likely N-dealkylation sites (tertiary alicyclic amines) is 2. The number of carbonyl (C=O) groups is 4. The van der Waals surface area contributed by atoms with Crippen molar-refractivity contribution in [3.8, 4) is 28.1 Å². The first-order valence-corrected chi connectivity index (χ1v) is 22.1. The molecule has 16 nitrogen and oxygen atoms in total. The van der Waals surface area contributed by atoms with Crippen LogP contribution >= 0.6 is 0 Å². The van der Waals surface area contributed by atoms with Crippen molar-refractivity contribution < 1.29 is 38.1 Å². The highest BCUT2D eigenvalue weighted by atomic mass is 16.5. The number of hydrogen-bond donors (Lipinski definition) is 4. The van der Waals surface area contributed by atoms with Crippen LogP contribution < -0.4 is 15.4 Å². The second-order valence-corrected chi connectivity index (χ2v) is 17.9. The SMILES string of the molecule is COC(=O)NC(C(=O)N1C[C@@H](C)C[C@H]1c1ncc(-c2ccc3c(c2)COc2cc4c(ccc5nc([C@@H]6CC[C@H](C)N6C(=O)[C@@H](NC(=O)OC)C(C)C)[nH]c54)cc2-3)[nH]1)C1CCOCC1. The fourth-order valence-electron chi connectivity index (χ4n) is 10.1. The molecule has 0 bridgehead atoms. The van der Waals surface area contributed by atoms with Gasteiger partial charge in [-0.05, 0) is 103 Å². The van der Waals surface area contributed by atoms with Crippen LogP contribution in [-0.4, -0.2) is 106 Å². The third kappa shape index (κ3) is 7.93. The Bertz CT molecular complexity index is 2560. The average Bonchev–Trinajstić information content (AvgIpc) is 4.12. The van der Waals surface area contributed by atoms with Crippen LogP contribution in [0, 0.1) is 17.8 Å². The molecule has 4 N–H and O–H groups in total. The molecule has 0 radical (unpaired) electrons. The molecule has 0 spiro atoms. The van der Waals surface area contributed by atoms with E-state index in [2.05, 4.69) is 63.9 Å². The Morgan fingerprint density at radius 1 is 0.857 bits per heavy atom. The molecular weight excluding hydrogens is 805 g/mol. The number of fused-ring (bicyclic) bond motifs is 6. The highest BCUT2D eigenvalue weighted by Crippen LogP contribution is 2.44. The molecular formula is C47H56N8O8. The van der Waals surface area contributed by atoms with Crippen molar-refractivity contribution >= 4 is 45.8 Å². The molecule has 3 aromatic carbocycles. The Balaban J connectivity index is 0.959. The van der Waals surface area contributed by atoms with E-state index in [1.54, 1.807) is 0 Å². The van der Waals surface area contributed by atoms with Gasteiger partial charge in [-0.15, -0.1) is 0 Å². The number of aromatic nitrogens is 4. The van der Waals surface area contributed by atoms with Crippen LogP contribution in [-0.2, 0) is 30.4 Å². The maximum atomic E-state index is 14.2. The summed E-state index contributed by atoms with van der Waals surface area (Å²) in [5.74, 6) is 1.99. The normalized spacial score (nSPS) is 22.1. The van der Waals surface area contributed by atoms with E-state index in [0.29, 0.717) is 50.9 Å². The summed E-state index contributed by atoms with van der Waals surface area (Å²) in [7, 11) is 2.60. The van der Waals surface area contributed by atoms with Crippen molar-refractivity contribution in [3.05, 3.63) is 65.9 Å². The molecule has 1 unspecified atom stereocenters. The van der Waals surface area contributed by atoms with Gasteiger partial charge in [0.2, 0.25) is 11.8 Å². The molecule has 4 amide bonds. The monoisotopic (exact) mass is 860 g/mol. The molecule has 16 heteroatoms. The van der Waals surface area contributed by atoms with Gasteiger partial charge in [-0.2, -0.15) is 0 Å². The van der Waals surface area contributed by atoms with Crippen molar-refractivity contribution in [3.63, 3.8) is 0 Å². The maximum absolute atomic E-state index is 14.2. The number of methoxy groups -OCH3 is 2. The summed E-state index contributed by atoms with van der Waals surface area (Å²) in [6.07, 6.45) is 4.24. The van der Waals surface area contributed by atoms with Gasteiger partial charge >= 0.3 is 12.2 Å². The van der Waals surface area contributed by atoms with Crippen LogP contribution in [0.4, 0.5) is 9.59 Å². The first-order chi connectivity index (χ1) is 30.4. The highest BCUT2D eigenvalue weighted by Gasteiger charge is 2.43. The Labute approximate surface area is 365 Å². The van der Waals surface area contributed by atoms with Crippen LogP contribution in [0.3, 0.4) is 0 Å². The predicted octanol–water partition coefficient (Wildman–Crippen LogP) is 7.16.